The van der Waals surface area contributed by atoms with E-state index in [9.17, 15) is 70.6 Å². The number of benzene rings is 2. The van der Waals surface area contributed by atoms with Gasteiger partial charge in [0.25, 0.3) is 11.8 Å². The number of alkyl halides is 6. The Morgan fingerprint density at radius 1 is 0.730 bits per heavy atom. The number of esters is 1. The number of nitrogens with one attached hydrogen (secondary N) is 6. The highest BCUT2D eigenvalue weighted by atomic mass is 79.9. The van der Waals surface area contributed by atoms with E-state index < -0.39 is 137 Å². The van der Waals surface area contributed by atoms with Crippen LogP contribution in [0, 0.1) is 11.3 Å². The summed E-state index contributed by atoms with van der Waals surface area (Å²) in [7, 11) is 8.31. The van der Waals surface area contributed by atoms with Gasteiger partial charge in [0, 0.05) is 184 Å². The van der Waals surface area contributed by atoms with Crippen LogP contribution in [-0.2, 0) is 36.3 Å². The minimum absolute atomic E-state index is 0.0790. The van der Waals surface area contributed by atoms with E-state index in [4.69, 9.17) is 64.6 Å². The van der Waals surface area contributed by atoms with E-state index in [2.05, 4.69) is 143 Å². The van der Waals surface area contributed by atoms with Crippen LogP contribution in [0.2, 0.25) is 0 Å². The van der Waals surface area contributed by atoms with Crippen molar-refractivity contribution in [1.29, 1.82) is 0 Å². The minimum atomic E-state index is -2.30. The van der Waals surface area contributed by atoms with Gasteiger partial charge in [-0.25, -0.2) is 9.78 Å². The van der Waals surface area contributed by atoms with Crippen molar-refractivity contribution >= 4 is 133 Å². The van der Waals surface area contributed by atoms with E-state index in [1.807, 2.05) is 62.2 Å². The monoisotopic (exact) mass is 2030 g/mol. The molecule has 7 aliphatic rings. The molecular formula is C78H128Br4Cl2N16O22. The number of aliphatic hydroxyl groups is 15. The topological polar surface area (TPSA) is 608 Å². The van der Waals surface area contributed by atoms with Crippen molar-refractivity contribution in [3.63, 3.8) is 0 Å². The van der Waals surface area contributed by atoms with Crippen molar-refractivity contribution in [2.24, 2.45) is 38.9 Å². The fraction of sp³-hybridized carbons (Fsp3) is 0.705. The average Bonchev–Trinajstić information content (AvgIpc) is 1.47. The van der Waals surface area contributed by atoms with E-state index in [-0.39, 0.29) is 57.9 Å². The number of rotatable bonds is 31. The first-order valence-electron chi connectivity index (χ1n) is 40.2. The van der Waals surface area contributed by atoms with Crippen LogP contribution in [0.5, 0.6) is 5.75 Å². The Morgan fingerprint density at radius 2 is 1.26 bits per heavy atom. The number of hydrogen-bond donors (Lipinski definition) is 24. The third-order valence-electron chi connectivity index (χ3n) is 23.0. The summed E-state index contributed by atoms with van der Waals surface area (Å²) in [5, 5.41) is 171. The van der Waals surface area contributed by atoms with Gasteiger partial charge in [0.05, 0.1) is 75.4 Å². The van der Waals surface area contributed by atoms with Crippen molar-refractivity contribution in [3.05, 3.63) is 83.0 Å². The zero-order chi connectivity index (χ0) is 91.4. The number of ether oxygens (including phenoxy) is 3. The number of methoxy groups -OCH3 is 2. The molecule has 3 amide bonds. The van der Waals surface area contributed by atoms with Gasteiger partial charge in [-0.05, 0) is 81.2 Å². The number of amides is 3. The molecule has 122 heavy (non-hydrogen) atoms. The second-order valence-electron chi connectivity index (χ2n) is 31.0. The van der Waals surface area contributed by atoms with E-state index in [1.54, 1.807) is 28.1 Å². The Hall–Kier alpha value is -4.73. The molecule has 2 aromatic carbocycles. The Kier molecular flexibility index (Phi) is 44.9. The zero-order valence-corrected chi connectivity index (χ0v) is 77.9. The van der Waals surface area contributed by atoms with E-state index in [1.165, 1.54) is 18.4 Å². The molecule has 2 aromatic heterocycles. The molecule has 4 aromatic rings. The first kappa shape index (κ1) is 108. The number of fused-ring (bicyclic) bond motifs is 6. The number of carbonyl (C=O) groups excluding carboxylic acids is 4. The number of aromatic amines is 2. The van der Waals surface area contributed by atoms with Gasteiger partial charge in [0.2, 0.25) is 5.82 Å². The lowest BCUT2D eigenvalue weighted by molar-refractivity contribution is -0.201. The number of nitrogens with two attached hydrogens (primary N) is 3. The average molecular weight is 2030 g/mol. The number of primary amides is 3. The predicted octanol–water partition coefficient (Wildman–Crippen LogP) is -1.39. The number of aromatic nitrogens is 3. The molecule has 694 valence electrons. The van der Waals surface area contributed by atoms with Crippen LogP contribution in [0.4, 0.5) is 16.3 Å². The molecule has 22 atom stereocenters. The Balaban J connectivity index is 0.000000319. The van der Waals surface area contributed by atoms with Crippen LogP contribution >= 0.6 is 86.9 Å². The van der Waals surface area contributed by atoms with Gasteiger partial charge in [0.1, 0.15) is 53.9 Å². The van der Waals surface area contributed by atoms with Gasteiger partial charge in [0.15, 0.2) is 11.3 Å². The number of aliphatic hydroxyl groups excluding tert-OH is 13. The SMILES string of the molecule is C1CNCCN1.CCOC(N)=O.CC[C@]1(O)C[C@H]2CN(CCc3c([nH]c4ccccc34)[C@@](C(=O)OC)(c3cc4c(cc3OC)N(C)[C@H]3[C@@](O)(C(N)=O)[C@H](O)[C@]5(CC)C=CCN6CC[C@]43[C@@H]65)C2)C1.CN(C)N=Nc1nc[nH]c1C(N)=O.OC(CBr)C(O)C(O)C(O)CBr.OC(CBr)C(O)C(O)C(O)CBr.O[C@@H]([C@H](O)[C@H](O)CNCCCl)[C@H](O)CNCCCl. The summed E-state index contributed by atoms with van der Waals surface area (Å²) in [4.78, 5) is 66.0. The van der Waals surface area contributed by atoms with Crippen molar-refractivity contribution in [2.45, 2.75) is 173 Å². The lowest BCUT2D eigenvalue weighted by atomic mass is 9.47. The summed E-state index contributed by atoms with van der Waals surface area (Å²) in [5.74, 6) is -0.641. The molecule has 1 aliphatic carbocycles. The zero-order valence-electron chi connectivity index (χ0n) is 70.0. The number of piperazine rings is 1. The van der Waals surface area contributed by atoms with Crippen LogP contribution in [0.1, 0.15) is 85.7 Å². The molecular weight excluding hydrogens is 1900 g/mol. The normalized spacial score (nSPS) is 27.2. The molecule has 4 fully saturated rings. The Bertz CT molecular complexity index is 3850. The summed E-state index contributed by atoms with van der Waals surface area (Å²) in [6.45, 7) is 15.2. The number of carbonyl (C=O) groups is 4. The number of para-hydroxylation sites is 1. The molecule has 6 aliphatic heterocycles. The number of hydrogen-bond acceptors (Lipinski definition) is 32. The van der Waals surface area contributed by atoms with Gasteiger partial charge in [-0.1, -0.05) is 113 Å². The van der Waals surface area contributed by atoms with Crippen LogP contribution < -0.4 is 48.1 Å². The summed E-state index contributed by atoms with van der Waals surface area (Å²) < 4.78 is 16.4. The van der Waals surface area contributed by atoms with Gasteiger partial charge in [-0.3, -0.25) is 29.2 Å². The Labute approximate surface area is 754 Å². The summed E-state index contributed by atoms with van der Waals surface area (Å²) in [6.07, 6.45) is -8.45. The van der Waals surface area contributed by atoms with Crippen molar-refractivity contribution in [2.75, 3.05) is 165 Å². The van der Waals surface area contributed by atoms with Crippen molar-refractivity contribution in [3.8, 4) is 5.75 Å². The number of likely N-dealkylation sites (N-methyl/N-ethyl adjacent to an activating group) is 1. The van der Waals surface area contributed by atoms with Crippen molar-refractivity contribution in [1.82, 2.24) is 51.0 Å². The lowest BCUT2D eigenvalue weighted by Crippen LogP contribution is -2.81. The third kappa shape index (κ3) is 25.9. The fourth-order valence-corrected chi connectivity index (χ4v) is 18.9. The van der Waals surface area contributed by atoms with Crippen molar-refractivity contribution < 1.29 is 110 Å². The van der Waals surface area contributed by atoms with E-state index in [0.717, 1.165) is 72.7 Å². The fourth-order valence-electron chi connectivity index (χ4n) is 17.1. The lowest BCUT2D eigenvalue weighted by Gasteiger charge is -2.63. The highest BCUT2D eigenvalue weighted by Crippen LogP contribution is 2.68. The quantitative estimate of drug-likeness (QED) is 0.00689. The molecule has 8 heterocycles. The summed E-state index contributed by atoms with van der Waals surface area (Å²) >= 11 is 22.6. The summed E-state index contributed by atoms with van der Waals surface area (Å²) in [6, 6.07) is 11.0. The number of imidazole rings is 1. The smallest absolute Gasteiger partial charge is 0.404 e. The highest BCUT2D eigenvalue weighted by Gasteiger charge is 2.78. The predicted molar refractivity (Wildman–Crippen MR) is 475 cm³/mol. The first-order chi connectivity index (χ1) is 57.8. The molecule has 1 saturated carbocycles. The second-order valence-corrected chi connectivity index (χ2v) is 34.3. The molecule has 9 unspecified atom stereocenters. The van der Waals surface area contributed by atoms with Gasteiger partial charge in [-0.15, -0.1) is 28.3 Å². The molecule has 1 spiro atoms. The second kappa shape index (κ2) is 50.9. The molecule has 2 bridgehead atoms. The maximum absolute atomic E-state index is 15.2. The van der Waals surface area contributed by atoms with E-state index >= 15 is 4.79 Å². The van der Waals surface area contributed by atoms with Crippen LogP contribution in [0.3, 0.4) is 0 Å². The maximum atomic E-state index is 15.2. The number of H-pyrrole nitrogens is 2. The maximum Gasteiger partial charge on any atom is 0.404 e. The molecule has 3 saturated heterocycles. The van der Waals surface area contributed by atoms with Crippen LogP contribution in [-0.4, -0.2) is 393 Å². The third-order valence-corrected chi connectivity index (χ3v) is 26.0. The number of nitrogens with zero attached hydrogens (tertiary/aromatic N) is 7. The van der Waals surface area contributed by atoms with Gasteiger partial charge >= 0.3 is 12.1 Å². The number of halogens is 6. The molecule has 11 rings (SSSR count). The standard InChI is InChI=1S/C43H55N5O7.C10H22Cl2N2O4.2C6H12Br2O4.C6H10N6O.C4H10N2.C3H7NO2/c1-6-39(52)21-25-22-42(38(51)55-5,33-27(13-17-47(23-25)24-39)26-11-8-9-12-30(26)45-33)29-19-28-31(20-32(29)54-4)46(3)35-41(28)15-18-48-16-10-14-40(7-2,34(41)48)36(49)43(35,53)37(44)50;11-1-3-13-5-7(15)9(17)10(18)8(16)6-14-4-2-12;2*7-1-3(9)5(11)6(12)4(10)2-8;1-12(2)11-10-6-4(5(7)13)8-3-9-6;1-2-6-4-3-5-1;1-2-6-3(4)5/h8-12,14,19-20,25,34-36,45,49,52-53H,6-7,13,15-18,21-24H2,1-5H3,(H2,44,50);7-10,13-18H,1-6H2;2*3-6,9-12H,1-2H2;3H,1-2H3,(H2,7,13)(H,8,9);5-6H,1-4H2;2H2,1H3,(H2,4,5)/t25-,34+,35-,36-,39+,40-,41-,42+,43+;7-,8-,9-,10-;;;;;/m11...../s1. The van der Waals surface area contributed by atoms with Crippen LogP contribution in [0.15, 0.2) is 65.2 Å². The number of anilines is 1. The minimum Gasteiger partial charge on any atom is -0.496 e. The first-order valence-corrected chi connectivity index (χ1v) is 45.8. The molecule has 0 radical (unpaired) electrons. The molecule has 27 N–H and O–H groups in total. The number of piperidine rings is 1. The molecule has 38 nitrogen and oxygen atoms in total. The largest absolute Gasteiger partial charge is 0.496 e. The van der Waals surface area contributed by atoms with Gasteiger partial charge < -0.3 is 144 Å². The highest BCUT2D eigenvalue weighted by molar-refractivity contribution is 9.09. The molecule has 44 heteroatoms. The van der Waals surface area contributed by atoms with Crippen LogP contribution in [0.25, 0.3) is 10.9 Å². The summed E-state index contributed by atoms with van der Waals surface area (Å²) in [5.41, 5.74) is 14.5. The Morgan fingerprint density at radius 3 is 1.70 bits per heavy atom. The van der Waals surface area contributed by atoms with E-state index in [0.29, 0.717) is 101 Å². The van der Waals surface area contributed by atoms with Gasteiger partial charge in [-0.2, -0.15) is 0 Å².